The van der Waals surface area contributed by atoms with Gasteiger partial charge in [0.1, 0.15) is 29.1 Å². The molecule has 65 heavy (non-hydrogen) atoms. The van der Waals surface area contributed by atoms with Crippen LogP contribution in [0.15, 0.2) is 213 Å². The molecule has 0 saturated heterocycles. The second-order valence-corrected chi connectivity index (χ2v) is 15.7. The molecule has 0 bridgehead atoms. The molecule has 0 N–H and O–H groups in total. The van der Waals surface area contributed by atoms with E-state index in [4.69, 9.17) is 4.98 Å². The zero-order valence-electron chi connectivity index (χ0n) is 34.5. The first-order valence-corrected chi connectivity index (χ1v) is 20.9. The van der Waals surface area contributed by atoms with Crippen molar-refractivity contribution < 1.29 is 22.0 Å². The molecule has 7 heteroatoms. The van der Waals surface area contributed by atoms with Crippen LogP contribution in [0.1, 0.15) is 0 Å². The first-order chi connectivity index (χ1) is 31.7. The van der Waals surface area contributed by atoms with Crippen molar-refractivity contribution in [3.05, 3.63) is 242 Å². The second-order valence-electron chi connectivity index (χ2n) is 15.7. The molecule has 0 atom stereocenters. The third-order valence-electron chi connectivity index (χ3n) is 11.5. The van der Waals surface area contributed by atoms with Crippen LogP contribution in [0.2, 0.25) is 0 Å². The molecule has 0 aliphatic carbocycles. The zero-order chi connectivity index (χ0) is 44.4. The van der Waals surface area contributed by atoms with E-state index in [1.165, 1.54) is 48.5 Å². The molecule has 2 heterocycles. The van der Waals surface area contributed by atoms with Crippen molar-refractivity contribution in [3.8, 4) is 100 Å². The average Bonchev–Trinajstić information content (AvgIpc) is 3.34. The summed E-state index contributed by atoms with van der Waals surface area (Å²) in [6.45, 7) is 0. The first kappa shape index (κ1) is 40.8. The molecule has 10 aromatic rings. The molecule has 0 spiro atoms. The van der Waals surface area contributed by atoms with Crippen molar-refractivity contribution >= 4 is 0 Å². The molecule has 0 aliphatic rings. The van der Waals surface area contributed by atoms with E-state index in [0.29, 0.717) is 55.8 Å². The highest BCUT2D eigenvalue weighted by atomic mass is 19.1. The van der Waals surface area contributed by atoms with Gasteiger partial charge in [0.05, 0.1) is 11.4 Å². The van der Waals surface area contributed by atoms with E-state index in [2.05, 4.69) is 41.4 Å². The van der Waals surface area contributed by atoms with Gasteiger partial charge in [0.2, 0.25) is 0 Å². The molecule has 0 aliphatic heterocycles. The van der Waals surface area contributed by atoms with Crippen LogP contribution in [0.4, 0.5) is 22.0 Å². The lowest BCUT2D eigenvalue weighted by molar-refractivity contribution is 0.585. The van der Waals surface area contributed by atoms with Crippen molar-refractivity contribution in [1.29, 1.82) is 0 Å². The van der Waals surface area contributed by atoms with E-state index in [9.17, 15) is 13.2 Å². The molecule has 0 amide bonds. The number of halogens is 5. The van der Waals surface area contributed by atoms with Crippen LogP contribution in [0.25, 0.3) is 100 Å². The molecule has 0 saturated carbocycles. The van der Waals surface area contributed by atoms with Gasteiger partial charge in [0, 0.05) is 40.7 Å². The highest BCUT2D eigenvalue weighted by molar-refractivity contribution is 5.96. The van der Waals surface area contributed by atoms with Crippen LogP contribution in [0.3, 0.4) is 0 Å². The standard InChI is InChI=1S/C58H35F5N2/c59-45-13-7-12-40(29-45)42-26-43(52-30-46(60)19-22-49(52)41-18-25-57(64-34-41)51-24-21-48(62)32-56(51)63)28-44(27-42)53-31-47(61)20-23-50(53)55-35-65-58(39-10-5-2-6-11-39)33-54(55)38-16-14-37(15-17-38)36-8-3-1-4-9-36/h1-35H. The molecular weight excluding hydrogens is 820 g/mol. The van der Waals surface area contributed by atoms with Gasteiger partial charge >= 0.3 is 0 Å². The third-order valence-corrected chi connectivity index (χ3v) is 11.5. The van der Waals surface area contributed by atoms with Gasteiger partial charge in [-0.25, -0.2) is 22.0 Å². The molecule has 0 unspecified atom stereocenters. The van der Waals surface area contributed by atoms with Crippen molar-refractivity contribution in [2.45, 2.75) is 0 Å². The van der Waals surface area contributed by atoms with Crippen LogP contribution in [-0.4, -0.2) is 9.97 Å². The Balaban J connectivity index is 1.15. The highest BCUT2D eigenvalue weighted by Crippen LogP contribution is 2.44. The van der Waals surface area contributed by atoms with Gasteiger partial charge in [0.25, 0.3) is 0 Å². The maximum atomic E-state index is 15.7. The van der Waals surface area contributed by atoms with Crippen LogP contribution >= 0.6 is 0 Å². The fraction of sp³-hybridized carbons (Fsp3) is 0. The maximum Gasteiger partial charge on any atom is 0.135 e. The van der Waals surface area contributed by atoms with Crippen molar-refractivity contribution in [2.75, 3.05) is 0 Å². The smallest absolute Gasteiger partial charge is 0.135 e. The Morgan fingerprint density at radius 2 is 0.738 bits per heavy atom. The van der Waals surface area contributed by atoms with Crippen molar-refractivity contribution in [2.24, 2.45) is 0 Å². The number of nitrogens with zero attached hydrogens (tertiary/aromatic N) is 2. The van der Waals surface area contributed by atoms with E-state index in [-0.39, 0.29) is 5.56 Å². The summed E-state index contributed by atoms with van der Waals surface area (Å²) in [7, 11) is 0. The lowest BCUT2D eigenvalue weighted by atomic mass is 9.86. The molecule has 2 nitrogen and oxygen atoms in total. The van der Waals surface area contributed by atoms with Crippen LogP contribution < -0.4 is 0 Å². The molecule has 10 rings (SSSR count). The summed E-state index contributed by atoms with van der Waals surface area (Å²) in [4.78, 5) is 9.44. The van der Waals surface area contributed by atoms with Crippen molar-refractivity contribution in [3.63, 3.8) is 0 Å². The minimum atomic E-state index is -0.748. The number of aromatic nitrogens is 2. The fourth-order valence-corrected chi connectivity index (χ4v) is 8.33. The minimum Gasteiger partial charge on any atom is -0.256 e. The molecule has 2 aromatic heterocycles. The fourth-order valence-electron chi connectivity index (χ4n) is 8.33. The van der Waals surface area contributed by atoms with E-state index >= 15 is 8.78 Å². The largest absolute Gasteiger partial charge is 0.256 e. The lowest BCUT2D eigenvalue weighted by Crippen LogP contribution is -1.95. The summed E-state index contributed by atoms with van der Waals surface area (Å²) < 4.78 is 74.5. The molecule has 0 radical (unpaired) electrons. The maximum absolute atomic E-state index is 15.7. The number of hydrogen-bond donors (Lipinski definition) is 0. The second kappa shape index (κ2) is 17.5. The monoisotopic (exact) mass is 854 g/mol. The van der Waals surface area contributed by atoms with Gasteiger partial charge in [-0.1, -0.05) is 115 Å². The van der Waals surface area contributed by atoms with Crippen molar-refractivity contribution in [1.82, 2.24) is 9.97 Å². The molecular formula is C58H35F5N2. The van der Waals surface area contributed by atoms with Gasteiger partial charge in [-0.3, -0.25) is 9.97 Å². The first-order valence-electron chi connectivity index (χ1n) is 20.9. The van der Waals surface area contributed by atoms with Gasteiger partial charge in [-0.15, -0.1) is 0 Å². The predicted octanol–water partition coefficient (Wildman–Crippen LogP) is 16.2. The van der Waals surface area contributed by atoms with Gasteiger partial charge in [-0.2, -0.15) is 0 Å². The summed E-state index contributed by atoms with van der Waals surface area (Å²) in [6, 6.07) is 57.8. The normalized spacial score (nSPS) is 11.2. The predicted molar refractivity (Wildman–Crippen MR) is 251 cm³/mol. The van der Waals surface area contributed by atoms with Crippen LogP contribution in [0, 0.1) is 29.1 Å². The number of hydrogen-bond acceptors (Lipinski definition) is 2. The van der Waals surface area contributed by atoms with Gasteiger partial charge < -0.3 is 0 Å². The number of benzene rings is 8. The Kier molecular flexibility index (Phi) is 11.0. The van der Waals surface area contributed by atoms with Gasteiger partial charge in [0.15, 0.2) is 0 Å². The van der Waals surface area contributed by atoms with E-state index < -0.39 is 29.1 Å². The Morgan fingerprint density at radius 3 is 1.38 bits per heavy atom. The third kappa shape index (κ3) is 8.47. The quantitative estimate of drug-likeness (QED) is 0.135. The SMILES string of the molecule is Fc1cccc(-c2cc(-c3cc(F)ccc3-c3ccc(-c4ccc(F)cc4F)nc3)cc(-c3cc(F)ccc3-c3cnc(-c4ccccc4)cc3-c3ccc(-c4ccccc4)cc3)c2)c1. The molecule has 0 fully saturated rings. The topological polar surface area (TPSA) is 25.8 Å². The molecule has 8 aromatic carbocycles. The minimum absolute atomic E-state index is 0.132. The summed E-state index contributed by atoms with van der Waals surface area (Å²) in [5.41, 5.74) is 12.1. The lowest BCUT2D eigenvalue weighted by Gasteiger charge is -2.19. The van der Waals surface area contributed by atoms with Gasteiger partial charge in [-0.05, 0) is 146 Å². The van der Waals surface area contributed by atoms with E-state index in [0.717, 1.165) is 45.1 Å². The zero-order valence-corrected chi connectivity index (χ0v) is 34.5. The Bertz CT molecular complexity index is 3350. The van der Waals surface area contributed by atoms with Crippen LogP contribution in [-0.2, 0) is 0 Å². The number of pyridine rings is 2. The molecule has 312 valence electrons. The summed E-state index contributed by atoms with van der Waals surface area (Å²) in [5.74, 6) is -2.86. The average molecular weight is 855 g/mol. The summed E-state index contributed by atoms with van der Waals surface area (Å²) >= 11 is 0. The Hall–Kier alpha value is -8.29. The number of rotatable bonds is 9. The van der Waals surface area contributed by atoms with E-state index in [1.807, 2.05) is 79.0 Å². The summed E-state index contributed by atoms with van der Waals surface area (Å²) in [5, 5.41) is 0. The van der Waals surface area contributed by atoms with Crippen LogP contribution in [0.5, 0.6) is 0 Å². The van der Waals surface area contributed by atoms with E-state index in [1.54, 1.807) is 42.6 Å². The summed E-state index contributed by atoms with van der Waals surface area (Å²) in [6.07, 6.45) is 3.37. The Labute approximate surface area is 372 Å². The Morgan fingerprint density at radius 1 is 0.231 bits per heavy atom. The highest BCUT2D eigenvalue weighted by Gasteiger charge is 2.20.